The SMILES string of the molecule is CC[C@H]1SC2=NC(C)=C(C(=O)OCCOC)[C@H](c3cccc(OC)c3)N2C1=O. The molecule has 0 bridgehead atoms. The zero-order valence-electron chi connectivity index (χ0n) is 16.4. The van der Waals surface area contributed by atoms with Gasteiger partial charge in [0.25, 0.3) is 0 Å². The summed E-state index contributed by atoms with van der Waals surface area (Å²) in [5.74, 6) is 0.106. The van der Waals surface area contributed by atoms with Gasteiger partial charge in [-0.2, -0.15) is 0 Å². The number of hydrogen-bond donors (Lipinski definition) is 0. The molecule has 2 aliphatic heterocycles. The highest BCUT2D eigenvalue weighted by molar-refractivity contribution is 8.15. The van der Waals surface area contributed by atoms with Crippen LogP contribution in [-0.2, 0) is 19.1 Å². The van der Waals surface area contributed by atoms with E-state index in [4.69, 9.17) is 14.2 Å². The standard InChI is InChI=1S/C20H24N2O5S/c1-5-15-18(23)22-17(13-7-6-8-14(11-13)26-4)16(12(2)21-20(22)28-15)19(24)27-10-9-25-3/h6-8,11,15,17H,5,9-10H2,1-4H3/t15-,17+/m1/s1. The van der Waals surface area contributed by atoms with Crippen molar-refractivity contribution in [2.75, 3.05) is 27.4 Å². The molecule has 0 aromatic heterocycles. The molecule has 2 atom stereocenters. The van der Waals surface area contributed by atoms with E-state index in [0.29, 0.717) is 35.2 Å². The van der Waals surface area contributed by atoms with Crippen molar-refractivity contribution in [1.82, 2.24) is 4.90 Å². The summed E-state index contributed by atoms with van der Waals surface area (Å²) in [6, 6.07) is 6.77. The van der Waals surface area contributed by atoms with Crippen LogP contribution in [0, 0.1) is 0 Å². The van der Waals surface area contributed by atoms with Crippen molar-refractivity contribution in [3.63, 3.8) is 0 Å². The molecule has 0 radical (unpaired) electrons. The molecular formula is C20H24N2O5S. The summed E-state index contributed by atoms with van der Waals surface area (Å²) in [7, 11) is 3.12. The fraction of sp³-hybridized carbons (Fsp3) is 0.450. The number of esters is 1. The molecule has 2 heterocycles. The van der Waals surface area contributed by atoms with E-state index in [-0.39, 0.29) is 17.8 Å². The van der Waals surface area contributed by atoms with Gasteiger partial charge in [0.1, 0.15) is 12.4 Å². The molecule has 1 fully saturated rings. The first-order valence-corrected chi connectivity index (χ1v) is 9.99. The number of methoxy groups -OCH3 is 2. The van der Waals surface area contributed by atoms with Crippen LogP contribution in [-0.4, -0.2) is 54.6 Å². The van der Waals surface area contributed by atoms with E-state index in [9.17, 15) is 9.59 Å². The van der Waals surface area contributed by atoms with E-state index in [1.807, 2.05) is 31.2 Å². The van der Waals surface area contributed by atoms with Gasteiger partial charge >= 0.3 is 5.97 Å². The average Bonchev–Trinajstić information content (AvgIpc) is 3.02. The first-order chi connectivity index (χ1) is 13.5. The van der Waals surface area contributed by atoms with Crippen LogP contribution < -0.4 is 4.74 Å². The van der Waals surface area contributed by atoms with E-state index in [1.165, 1.54) is 11.8 Å². The molecular weight excluding hydrogens is 380 g/mol. The largest absolute Gasteiger partial charge is 0.497 e. The summed E-state index contributed by atoms with van der Waals surface area (Å²) in [5, 5.41) is 0.416. The Morgan fingerprint density at radius 1 is 1.29 bits per heavy atom. The van der Waals surface area contributed by atoms with Crippen LogP contribution in [0.2, 0.25) is 0 Å². The van der Waals surface area contributed by atoms with Gasteiger partial charge in [0.05, 0.1) is 36.3 Å². The van der Waals surface area contributed by atoms with Crippen LogP contribution in [0.5, 0.6) is 5.75 Å². The van der Waals surface area contributed by atoms with Crippen molar-refractivity contribution < 1.29 is 23.8 Å². The lowest BCUT2D eigenvalue weighted by Gasteiger charge is -2.33. The van der Waals surface area contributed by atoms with E-state index in [0.717, 1.165) is 5.56 Å². The van der Waals surface area contributed by atoms with Crippen LogP contribution in [0.25, 0.3) is 0 Å². The van der Waals surface area contributed by atoms with Gasteiger partial charge in [-0.3, -0.25) is 9.69 Å². The lowest BCUT2D eigenvalue weighted by molar-refractivity contribution is -0.141. The molecule has 8 heteroatoms. The van der Waals surface area contributed by atoms with Crippen molar-refractivity contribution in [3.05, 3.63) is 41.1 Å². The number of ether oxygens (including phenoxy) is 3. The maximum atomic E-state index is 13.0. The Bertz CT molecular complexity index is 836. The predicted molar refractivity (Wildman–Crippen MR) is 107 cm³/mol. The zero-order chi connectivity index (χ0) is 20.3. The van der Waals surface area contributed by atoms with Crippen molar-refractivity contribution in [1.29, 1.82) is 0 Å². The average molecular weight is 404 g/mol. The van der Waals surface area contributed by atoms with E-state index in [1.54, 1.807) is 26.0 Å². The van der Waals surface area contributed by atoms with Crippen LogP contribution in [0.1, 0.15) is 31.9 Å². The minimum atomic E-state index is -0.603. The van der Waals surface area contributed by atoms with Crippen LogP contribution in [0.3, 0.4) is 0 Å². The number of benzene rings is 1. The molecule has 28 heavy (non-hydrogen) atoms. The normalized spacial score (nSPS) is 21.5. The van der Waals surface area contributed by atoms with Gasteiger partial charge < -0.3 is 14.2 Å². The molecule has 1 aromatic rings. The van der Waals surface area contributed by atoms with Crippen LogP contribution in [0.15, 0.2) is 40.5 Å². The molecule has 1 saturated heterocycles. The van der Waals surface area contributed by atoms with Crippen LogP contribution in [0.4, 0.5) is 0 Å². The van der Waals surface area contributed by atoms with E-state index < -0.39 is 12.0 Å². The van der Waals surface area contributed by atoms with Crippen molar-refractivity contribution in [3.8, 4) is 5.75 Å². The Labute approximate surface area is 168 Å². The van der Waals surface area contributed by atoms with Crippen molar-refractivity contribution in [2.45, 2.75) is 31.6 Å². The summed E-state index contributed by atoms with van der Waals surface area (Å²) < 4.78 is 15.7. The lowest BCUT2D eigenvalue weighted by Crippen LogP contribution is -2.40. The Morgan fingerprint density at radius 3 is 2.75 bits per heavy atom. The highest BCUT2D eigenvalue weighted by atomic mass is 32.2. The van der Waals surface area contributed by atoms with E-state index >= 15 is 0 Å². The molecule has 0 aliphatic carbocycles. The second kappa shape index (κ2) is 8.79. The van der Waals surface area contributed by atoms with Gasteiger partial charge in [-0.15, -0.1) is 0 Å². The summed E-state index contributed by atoms with van der Waals surface area (Å²) in [6.07, 6.45) is 0.691. The Balaban J connectivity index is 2.06. The van der Waals surface area contributed by atoms with Crippen LogP contribution >= 0.6 is 11.8 Å². The number of fused-ring (bicyclic) bond motifs is 1. The van der Waals surface area contributed by atoms with Gasteiger partial charge in [0.2, 0.25) is 5.91 Å². The topological polar surface area (TPSA) is 77.4 Å². The fourth-order valence-electron chi connectivity index (χ4n) is 3.27. The number of carbonyl (C=O) groups excluding carboxylic acids is 2. The van der Waals surface area contributed by atoms with Gasteiger partial charge in [-0.25, -0.2) is 9.79 Å². The monoisotopic (exact) mass is 404 g/mol. The quantitative estimate of drug-likeness (QED) is 0.514. The van der Waals surface area contributed by atoms with Crippen molar-refractivity contribution in [2.24, 2.45) is 4.99 Å². The first kappa shape index (κ1) is 20.4. The highest BCUT2D eigenvalue weighted by Gasteiger charge is 2.47. The maximum Gasteiger partial charge on any atom is 0.338 e. The molecule has 3 rings (SSSR count). The highest BCUT2D eigenvalue weighted by Crippen LogP contribution is 2.44. The predicted octanol–water partition coefficient (Wildman–Crippen LogP) is 2.92. The number of hydrogen-bond acceptors (Lipinski definition) is 7. The van der Waals surface area contributed by atoms with Crippen molar-refractivity contribution >= 4 is 28.8 Å². The van der Waals surface area contributed by atoms with Gasteiger partial charge in [-0.05, 0) is 31.0 Å². The summed E-state index contributed by atoms with van der Waals surface area (Å²) >= 11 is 1.44. The van der Waals surface area contributed by atoms with E-state index in [2.05, 4.69) is 4.99 Å². The summed E-state index contributed by atoms with van der Waals surface area (Å²) in [6.45, 7) is 4.17. The molecule has 150 valence electrons. The second-order valence-corrected chi connectivity index (χ2v) is 7.59. The number of aliphatic imine (C=N–C) groups is 1. The third-order valence-corrected chi connectivity index (χ3v) is 5.99. The molecule has 2 aliphatic rings. The second-order valence-electron chi connectivity index (χ2n) is 6.42. The molecule has 7 nitrogen and oxygen atoms in total. The smallest absolute Gasteiger partial charge is 0.338 e. The minimum Gasteiger partial charge on any atom is -0.497 e. The summed E-state index contributed by atoms with van der Waals surface area (Å²) in [5.41, 5.74) is 1.69. The number of amides is 1. The number of nitrogens with zero attached hydrogens (tertiary/aromatic N) is 2. The molecule has 0 N–H and O–H groups in total. The lowest BCUT2D eigenvalue weighted by atomic mass is 9.94. The Kier molecular flexibility index (Phi) is 6.41. The number of carbonyl (C=O) groups is 2. The molecule has 0 saturated carbocycles. The number of rotatable bonds is 7. The maximum absolute atomic E-state index is 13.0. The molecule has 0 spiro atoms. The van der Waals surface area contributed by atoms with Gasteiger partial charge in [0.15, 0.2) is 5.17 Å². The third-order valence-electron chi connectivity index (χ3n) is 4.67. The first-order valence-electron chi connectivity index (χ1n) is 9.11. The Hall–Kier alpha value is -2.32. The van der Waals surface area contributed by atoms with Gasteiger partial charge in [0, 0.05) is 7.11 Å². The number of allylic oxidation sites excluding steroid dienone is 1. The molecule has 1 amide bonds. The fourth-order valence-corrected chi connectivity index (χ4v) is 4.41. The third kappa shape index (κ3) is 3.79. The number of amidine groups is 1. The number of thioether (sulfide) groups is 1. The molecule has 0 unspecified atom stereocenters. The molecule has 1 aromatic carbocycles. The van der Waals surface area contributed by atoms with Gasteiger partial charge in [-0.1, -0.05) is 30.8 Å². The summed E-state index contributed by atoms with van der Waals surface area (Å²) in [4.78, 5) is 32.1. The Morgan fingerprint density at radius 2 is 2.07 bits per heavy atom. The zero-order valence-corrected chi connectivity index (χ0v) is 17.2. The minimum absolute atomic E-state index is 0.0474.